The lowest BCUT2D eigenvalue weighted by molar-refractivity contribution is -0.116. The van der Waals surface area contributed by atoms with Gasteiger partial charge in [0.25, 0.3) is 0 Å². The Labute approximate surface area is 160 Å². The minimum absolute atomic E-state index is 0.00552. The van der Waals surface area contributed by atoms with Gasteiger partial charge in [0.1, 0.15) is 11.5 Å². The third-order valence-corrected chi connectivity index (χ3v) is 4.41. The maximum Gasteiger partial charge on any atom is 0.224 e. The van der Waals surface area contributed by atoms with E-state index in [2.05, 4.69) is 10.2 Å². The van der Waals surface area contributed by atoms with Gasteiger partial charge in [0, 0.05) is 19.5 Å². The van der Waals surface area contributed by atoms with Crippen LogP contribution in [-0.2, 0) is 9.53 Å². The van der Waals surface area contributed by atoms with Crippen LogP contribution in [-0.4, -0.2) is 45.9 Å². The number of carbonyl (C=O) groups excluding carboxylic acids is 1. The van der Waals surface area contributed by atoms with Crippen molar-refractivity contribution in [3.8, 4) is 11.5 Å². The Morgan fingerprint density at radius 2 is 1.78 bits per heavy atom. The lowest BCUT2D eigenvalue weighted by atomic mass is 10.2. The molecule has 0 atom stereocenters. The molecule has 2 aromatic carbocycles. The molecule has 2 aromatic rings. The summed E-state index contributed by atoms with van der Waals surface area (Å²) in [4.78, 5) is 14.6. The Kier molecular flexibility index (Phi) is 6.93. The van der Waals surface area contributed by atoms with Crippen LogP contribution in [0.2, 0.25) is 0 Å². The number of nitrogens with zero attached hydrogens (tertiary/aromatic N) is 1. The lowest BCUT2D eigenvalue weighted by Crippen LogP contribution is -2.36. The summed E-state index contributed by atoms with van der Waals surface area (Å²) in [7, 11) is 1.63. The summed E-state index contributed by atoms with van der Waals surface area (Å²) in [5, 5.41) is 3.03. The number of hydrogen-bond donors (Lipinski definition) is 1. The molecule has 144 valence electrons. The molecule has 0 spiro atoms. The summed E-state index contributed by atoms with van der Waals surface area (Å²) in [5.41, 5.74) is 1.89. The summed E-state index contributed by atoms with van der Waals surface area (Å²) in [6.07, 6.45) is 1.06. The molecule has 1 saturated heterocycles. The number of amides is 1. The first-order chi connectivity index (χ1) is 13.3. The second-order valence-corrected chi connectivity index (χ2v) is 6.29. The number of nitrogens with one attached hydrogen (secondary N) is 1. The van der Waals surface area contributed by atoms with Gasteiger partial charge >= 0.3 is 0 Å². The van der Waals surface area contributed by atoms with E-state index in [-0.39, 0.29) is 5.91 Å². The molecule has 27 heavy (non-hydrogen) atoms. The smallest absolute Gasteiger partial charge is 0.224 e. The summed E-state index contributed by atoms with van der Waals surface area (Å²) in [6, 6.07) is 15.3. The predicted molar refractivity (Wildman–Crippen MR) is 106 cm³/mol. The molecule has 6 nitrogen and oxygen atoms in total. The SMILES string of the molecule is COc1ccc(OCCCC(=O)Nc2ccccc2N2CCOCC2)cc1. The fourth-order valence-electron chi connectivity index (χ4n) is 2.97. The van der Waals surface area contributed by atoms with Crippen LogP contribution in [0.3, 0.4) is 0 Å². The standard InChI is InChI=1S/C21H26N2O4/c1-25-17-8-10-18(11-9-17)27-14-4-7-21(24)22-19-5-2-3-6-20(19)23-12-15-26-16-13-23/h2-3,5-6,8-11H,4,7,12-16H2,1H3,(H,22,24). The zero-order valence-corrected chi connectivity index (χ0v) is 15.6. The van der Waals surface area contributed by atoms with Crippen LogP contribution in [0, 0.1) is 0 Å². The average molecular weight is 370 g/mol. The molecule has 1 aliphatic rings. The fraction of sp³-hybridized carbons (Fsp3) is 0.381. The van der Waals surface area contributed by atoms with Crippen molar-refractivity contribution >= 4 is 17.3 Å². The molecule has 1 N–H and O–H groups in total. The van der Waals surface area contributed by atoms with Crippen LogP contribution in [0.1, 0.15) is 12.8 Å². The van der Waals surface area contributed by atoms with Crippen molar-refractivity contribution in [3.05, 3.63) is 48.5 Å². The van der Waals surface area contributed by atoms with E-state index >= 15 is 0 Å². The number of para-hydroxylation sites is 2. The van der Waals surface area contributed by atoms with Crippen molar-refractivity contribution in [2.45, 2.75) is 12.8 Å². The number of carbonyl (C=O) groups is 1. The van der Waals surface area contributed by atoms with Crippen LogP contribution in [0.5, 0.6) is 11.5 Å². The molecule has 0 unspecified atom stereocenters. The maximum atomic E-state index is 12.3. The minimum Gasteiger partial charge on any atom is -0.497 e. The molecule has 0 aliphatic carbocycles. The van der Waals surface area contributed by atoms with Gasteiger partial charge in [0.05, 0.1) is 38.3 Å². The van der Waals surface area contributed by atoms with Crippen LogP contribution in [0.4, 0.5) is 11.4 Å². The van der Waals surface area contributed by atoms with Crippen molar-refractivity contribution in [3.63, 3.8) is 0 Å². The van der Waals surface area contributed by atoms with E-state index < -0.39 is 0 Å². The topological polar surface area (TPSA) is 60.0 Å². The van der Waals surface area contributed by atoms with Crippen LogP contribution >= 0.6 is 0 Å². The summed E-state index contributed by atoms with van der Waals surface area (Å²) >= 11 is 0. The molecule has 0 radical (unpaired) electrons. The summed E-state index contributed by atoms with van der Waals surface area (Å²) < 4.78 is 16.2. The fourth-order valence-corrected chi connectivity index (χ4v) is 2.97. The number of rotatable bonds is 8. The first kappa shape index (κ1) is 19.0. The van der Waals surface area contributed by atoms with Gasteiger partial charge in [-0.15, -0.1) is 0 Å². The van der Waals surface area contributed by atoms with E-state index in [1.807, 2.05) is 48.5 Å². The number of ether oxygens (including phenoxy) is 3. The van der Waals surface area contributed by atoms with Crippen molar-refractivity contribution in [2.75, 3.05) is 50.2 Å². The van der Waals surface area contributed by atoms with E-state index in [1.54, 1.807) is 7.11 Å². The second-order valence-electron chi connectivity index (χ2n) is 6.29. The Bertz CT molecular complexity index is 727. The number of anilines is 2. The van der Waals surface area contributed by atoms with E-state index in [0.29, 0.717) is 32.7 Å². The van der Waals surface area contributed by atoms with Gasteiger partial charge < -0.3 is 24.4 Å². The van der Waals surface area contributed by atoms with Gasteiger partial charge in [-0.25, -0.2) is 0 Å². The molecule has 0 saturated carbocycles. The highest BCUT2D eigenvalue weighted by Gasteiger charge is 2.15. The van der Waals surface area contributed by atoms with Crippen molar-refractivity contribution in [2.24, 2.45) is 0 Å². The zero-order valence-electron chi connectivity index (χ0n) is 15.6. The van der Waals surface area contributed by atoms with Crippen molar-refractivity contribution < 1.29 is 19.0 Å². The van der Waals surface area contributed by atoms with Gasteiger partial charge in [-0.1, -0.05) is 12.1 Å². The quantitative estimate of drug-likeness (QED) is 0.723. The number of methoxy groups -OCH3 is 1. The number of hydrogen-bond acceptors (Lipinski definition) is 5. The van der Waals surface area contributed by atoms with Crippen molar-refractivity contribution in [1.29, 1.82) is 0 Å². The van der Waals surface area contributed by atoms with Gasteiger partial charge in [-0.05, 0) is 42.8 Å². The Balaban J connectivity index is 1.45. The van der Waals surface area contributed by atoms with E-state index in [9.17, 15) is 4.79 Å². The van der Waals surface area contributed by atoms with Gasteiger partial charge in [0.15, 0.2) is 0 Å². The maximum absolute atomic E-state index is 12.3. The molecule has 3 rings (SSSR count). The van der Waals surface area contributed by atoms with E-state index in [1.165, 1.54) is 0 Å². The predicted octanol–water partition coefficient (Wildman–Crippen LogP) is 3.33. The largest absolute Gasteiger partial charge is 0.497 e. The summed E-state index contributed by atoms with van der Waals surface area (Å²) in [6.45, 7) is 3.59. The van der Waals surface area contributed by atoms with Crippen LogP contribution < -0.4 is 19.7 Å². The van der Waals surface area contributed by atoms with Crippen LogP contribution in [0.25, 0.3) is 0 Å². The third-order valence-electron chi connectivity index (χ3n) is 4.41. The third kappa shape index (κ3) is 5.62. The number of morpholine rings is 1. The Morgan fingerprint density at radius 3 is 2.52 bits per heavy atom. The molecular formula is C21H26N2O4. The average Bonchev–Trinajstić information content (AvgIpc) is 2.73. The number of benzene rings is 2. The molecule has 0 bridgehead atoms. The molecule has 1 fully saturated rings. The van der Waals surface area contributed by atoms with Crippen LogP contribution in [0.15, 0.2) is 48.5 Å². The van der Waals surface area contributed by atoms with Gasteiger partial charge in [-0.2, -0.15) is 0 Å². The van der Waals surface area contributed by atoms with Crippen molar-refractivity contribution in [1.82, 2.24) is 0 Å². The lowest BCUT2D eigenvalue weighted by Gasteiger charge is -2.30. The van der Waals surface area contributed by atoms with E-state index in [4.69, 9.17) is 14.2 Å². The highest BCUT2D eigenvalue weighted by Crippen LogP contribution is 2.26. The zero-order chi connectivity index (χ0) is 18.9. The molecular weight excluding hydrogens is 344 g/mol. The van der Waals surface area contributed by atoms with Gasteiger partial charge in [0.2, 0.25) is 5.91 Å². The molecule has 1 aliphatic heterocycles. The monoisotopic (exact) mass is 370 g/mol. The highest BCUT2D eigenvalue weighted by atomic mass is 16.5. The Morgan fingerprint density at radius 1 is 1.07 bits per heavy atom. The highest BCUT2D eigenvalue weighted by molar-refractivity contribution is 5.94. The molecule has 0 aromatic heterocycles. The molecule has 6 heteroatoms. The Hall–Kier alpha value is -2.73. The first-order valence-electron chi connectivity index (χ1n) is 9.24. The minimum atomic E-state index is -0.00552. The van der Waals surface area contributed by atoms with Gasteiger partial charge in [-0.3, -0.25) is 4.79 Å². The first-order valence-corrected chi connectivity index (χ1v) is 9.24. The molecule has 1 heterocycles. The molecule has 1 amide bonds. The second kappa shape index (κ2) is 9.83. The van der Waals surface area contributed by atoms with E-state index in [0.717, 1.165) is 36.0 Å². The summed E-state index contributed by atoms with van der Waals surface area (Å²) in [5.74, 6) is 1.56. The normalized spacial score (nSPS) is 13.9.